The SMILES string of the molecule is CC(=N)/C=C(\NC(C)(C)C)C(=O)Nc1cccc(-c2nc3ccncc3s2)c1. The lowest BCUT2D eigenvalue weighted by molar-refractivity contribution is -0.113. The maximum atomic E-state index is 12.8. The topological polar surface area (TPSA) is 90.8 Å². The van der Waals surface area contributed by atoms with Gasteiger partial charge in [-0.2, -0.15) is 0 Å². The molecule has 7 heteroatoms. The monoisotopic (exact) mass is 393 g/mol. The predicted molar refractivity (Wildman–Crippen MR) is 116 cm³/mol. The molecule has 3 aromatic rings. The average molecular weight is 394 g/mol. The number of allylic oxidation sites excluding steroid dienone is 1. The van der Waals surface area contributed by atoms with Crippen LogP contribution in [-0.2, 0) is 4.79 Å². The molecule has 28 heavy (non-hydrogen) atoms. The quantitative estimate of drug-likeness (QED) is 0.436. The van der Waals surface area contributed by atoms with Gasteiger partial charge in [0.25, 0.3) is 5.91 Å². The van der Waals surface area contributed by atoms with Crippen molar-refractivity contribution in [2.75, 3.05) is 5.32 Å². The number of aromatic nitrogens is 2. The van der Waals surface area contributed by atoms with Crippen molar-refractivity contribution in [2.24, 2.45) is 0 Å². The number of anilines is 1. The standard InChI is InChI=1S/C21H23N5OS/c1-13(22)10-17(26-21(2,3)4)19(27)24-15-7-5-6-14(11-15)20-25-16-8-9-23-12-18(16)28-20/h5-12,22,26H,1-4H3,(H,24,27)/b17-10-,22-13?. The molecule has 0 fully saturated rings. The van der Waals surface area contributed by atoms with Crippen LogP contribution >= 0.6 is 11.3 Å². The first kappa shape index (κ1) is 19.7. The van der Waals surface area contributed by atoms with Gasteiger partial charge in [-0.25, -0.2) is 4.98 Å². The molecule has 6 nitrogen and oxygen atoms in total. The third-order valence-corrected chi connectivity index (χ3v) is 4.73. The number of pyridine rings is 1. The number of fused-ring (bicyclic) bond motifs is 1. The van der Waals surface area contributed by atoms with Gasteiger partial charge >= 0.3 is 0 Å². The zero-order valence-electron chi connectivity index (χ0n) is 16.3. The molecule has 0 saturated carbocycles. The van der Waals surface area contributed by atoms with E-state index in [1.54, 1.807) is 30.7 Å². The van der Waals surface area contributed by atoms with E-state index in [0.717, 1.165) is 20.8 Å². The van der Waals surface area contributed by atoms with Crippen molar-refractivity contribution in [2.45, 2.75) is 33.2 Å². The fourth-order valence-corrected chi connectivity index (χ4v) is 3.54. The van der Waals surface area contributed by atoms with E-state index in [1.807, 2.05) is 51.1 Å². The van der Waals surface area contributed by atoms with Crippen LogP contribution in [0.25, 0.3) is 20.8 Å². The summed E-state index contributed by atoms with van der Waals surface area (Å²) in [5, 5.41) is 14.6. The van der Waals surface area contributed by atoms with Gasteiger partial charge in [0.1, 0.15) is 10.7 Å². The molecule has 3 rings (SSSR count). The molecular weight excluding hydrogens is 370 g/mol. The van der Waals surface area contributed by atoms with Gasteiger partial charge in [-0.3, -0.25) is 9.78 Å². The molecule has 2 aromatic heterocycles. The van der Waals surface area contributed by atoms with Gasteiger partial charge in [0.05, 0.1) is 10.2 Å². The zero-order chi connectivity index (χ0) is 20.3. The van der Waals surface area contributed by atoms with E-state index in [0.29, 0.717) is 17.1 Å². The maximum Gasteiger partial charge on any atom is 0.271 e. The van der Waals surface area contributed by atoms with Crippen molar-refractivity contribution in [1.82, 2.24) is 15.3 Å². The van der Waals surface area contributed by atoms with Crippen LogP contribution in [0.1, 0.15) is 27.7 Å². The Morgan fingerprint density at radius 1 is 1.25 bits per heavy atom. The largest absolute Gasteiger partial charge is 0.376 e. The molecule has 0 unspecified atom stereocenters. The summed E-state index contributed by atoms with van der Waals surface area (Å²) < 4.78 is 1.02. The predicted octanol–water partition coefficient (Wildman–Crippen LogP) is 4.61. The third-order valence-electron chi connectivity index (χ3n) is 3.67. The number of carbonyl (C=O) groups is 1. The number of nitrogens with zero attached hydrogens (tertiary/aromatic N) is 2. The van der Waals surface area contributed by atoms with Crippen LogP contribution in [0.5, 0.6) is 0 Å². The van der Waals surface area contributed by atoms with Crippen LogP contribution in [0.3, 0.4) is 0 Å². The fourth-order valence-electron chi connectivity index (χ4n) is 2.61. The van der Waals surface area contributed by atoms with Crippen LogP contribution in [0.4, 0.5) is 5.69 Å². The van der Waals surface area contributed by atoms with Crippen LogP contribution in [-0.4, -0.2) is 27.1 Å². The van der Waals surface area contributed by atoms with Gasteiger partial charge in [-0.05, 0) is 52.0 Å². The normalized spacial score (nSPS) is 12.1. The van der Waals surface area contributed by atoms with Crippen LogP contribution in [0.2, 0.25) is 0 Å². The highest BCUT2D eigenvalue weighted by molar-refractivity contribution is 7.21. The Labute approximate surface area is 168 Å². The lowest BCUT2D eigenvalue weighted by Gasteiger charge is -2.24. The molecule has 0 aliphatic carbocycles. The highest BCUT2D eigenvalue weighted by atomic mass is 32.1. The summed E-state index contributed by atoms with van der Waals surface area (Å²) in [5.41, 5.74) is 2.87. The van der Waals surface area contributed by atoms with Gasteiger partial charge in [0.2, 0.25) is 0 Å². The van der Waals surface area contributed by atoms with Crippen molar-refractivity contribution >= 4 is 38.9 Å². The molecule has 0 radical (unpaired) electrons. The summed E-state index contributed by atoms with van der Waals surface area (Å²) >= 11 is 1.56. The van der Waals surface area contributed by atoms with Crippen molar-refractivity contribution in [3.63, 3.8) is 0 Å². The van der Waals surface area contributed by atoms with Crippen LogP contribution in [0, 0.1) is 5.41 Å². The van der Waals surface area contributed by atoms with Gasteiger partial charge in [0, 0.05) is 34.9 Å². The zero-order valence-corrected chi connectivity index (χ0v) is 17.1. The molecule has 0 atom stereocenters. The lowest BCUT2D eigenvalue weighted by Crippen LogP contribution is -2.39. The van der Waals surface area contributed by atoms with E-state index >= 15 is 0 Å². The highest BCUT2D eigenvalue weighted by Gasteiger charge is 2.17. The summed E-state index contributed by atoms with van der Waals surface area (Å²) in [5.74, 6) is -0.285. The van der Waals surface area contributed by atoms with E-state index in [-0.39, 0.29) is 11.4 Å². The highest BCUT2D eigenvalue weighted by Crippen LogP contribution is 2.30. The van der Waals surface area contributed by atoms with E-state index < -0.39 is 0 Å². The number of hydrogen-bond donors (Lipinski definition) is 3. The molecule has 1 aromatic carbocycles. The Morgan fingerprint density at radius 3 is 2.71 bits per heavy atom. The minimum absolute atomic E-state index is 0.285. The second-order valence-corrected chi connectivity index (χ2v) is 8.54. The van der Waals surface area contributed by atoms with Gasteiger partial charge in [0.15, 0.2) is 0 Å². The molecule has 0 spiro atoms. The summed E-state index contributed by atoms with van der Waals surface area (Å²) in [6, 6.07) is 9.47. The first-order chi connectivity index (χ1) is 13.2. The number of hydrogen-bond acceptors (Lipinski definition) is 6. The molecule has 144 valence electrons. The van der Waals surface area contributed by atoms with Gasteiger partial charge < -0.3 is 16.0 Å². The summed E-state index contributed by atoms with van der Waals surface area (Å²) in [6.07, 6.45) is 5.06. The van der Waals surface area contributed by atoms with Gasteiger partial charge in [-0.1, -0.05) is 12.1 Å². The van der Waals surface area contributed by atoms with E-state index in [2.05, 4.69) is 20.6 Å². The molecule has 2 heterocycles. The van der Waals surface area contributed by atoms with Crippen molar-refractivity contribution < 1.29 is 4.79 Å². The van der Waals surface area contributed by atoms with Gasteiger partial charge in [-0.15, -0.1) is 11.3 Å². The number of amides is 1. The van der Waals surface area contributed by atoms with Crippen molar-refractivity contribution in [1.29, 1.82) is 5.41 Å². The van der Waals surface area contributed by atoms with Crippen molar-refractivity contribution in [3.05, 3.63) is 54.5 Å². The van der Waals surface area contributed by atoms with Crippen LogP contribution < -0.4 is 10.6 Å². The average Bonchev–Trinajstić information content (AvgIpc) is 3.04. The second-order valence-electron chi connectivity index (χ2n) is 7.51. The second kappa shape index (κ2) is 7.90. The third kappa shape index (κ3) is 5.01. The Kier molecular flexibility index (Phi) is 5.56. The van der Waals surface area contributed by atoms with Crippen molar-refractivity contribution in [3.8, 4) is 10.6 Å². The number of benzene rings is 1. The molecule has 0 bridgehead atoms. The summed E-state index contributed by atoms with van der Waals surface area (Å²) in [6.45, 7) is 7.54. The minimum atomic E-state index is -0.296. The fraction of sp³-hybridized carbons (Fsp3) is 0.238. The summed E-state index contributed by atoms with van der Waals surface area (Å²) in [7, 11) is 0. The Balaban J connectivity index is 1.85. The van der Waals surface area contributed by atoms with Crippen LogP contribution in [0.15, 0.2) is 54.5 Å². The Morgan fingerprint density at radius 2 is 2.04 bits per heavy atom. The Hall–Kier alpha value is -3.06. The number of thiazole rings is 1. The molecule has 0 aliphatic rings. The van der Waals surface area contributed by atoms with E-state index in [9.17, 15) is 4.79 Å². The van der Waals surface area contributed by atoms with E-state index in [1.165, 1.54) is 6.08 Å². The smallest absolute Gasteiger partial charge is 0.271 e. The molecule has 0 aliphatic heterocycles. The summed E-state index contributed by atoms with van der Waals surface area (Å²) in [4.78, 5) is 21.5. The Bertz CT molecular complexity index is 1030. The first-order valence-electron chi connectivity index (χ1n) is 8.89. The molecule has 1 amide bonds. The number of rotatable bonds is 5. The number of nitrogens with one attached hydrogen (secondary N) is 3. The molecule has 0 saturated heterocycles. The molecule has 3 N–H and O–H groups in total. The lowest BCUT2D eigenvalue weighted by atomic mass is 10.1. The molecular formula is C21H23N5OS. The number of carbonyl (C=O) groups excluding carboxylic acids is 1. The minimum Gasteiger partial charge on any atom is -0.376 e. The first-order valence-corrected chi connectivity index (χ1v) is 9.70. The maximum absolute atomic E-state index is 12.8. The van der Waals surface area contributed by atoms with E-state index in [4.69, 9.17) is 5.41 Å².